The van der Waals surface area contributed by atoms with Crippen molar-refractivity contribution in [1.29, 1.82) is 0 Å². The van der Waals surface area contributed by atoms with Gasteiger partial charge in [0.2, 0.25) is 0 Å². The molecule has 18 heavy (non-hydrogen) atoms. The molecule has 0 unspecified atom stereocenters. The van der Waals surface area contributed by atoms with E-state index in [0.717, 1.165) is 18.5 Å². The number of nitrogens with zero attached hydrogens (tertiary/aromatic N) is 1. The first kappa shape index (κ1) is 12.7. The Hall–Kier alpha value is -1.71. The fourth-order valence-electron chi connectivity index (χ4n) is 2.12. The molecule has 1 aromatic rings. The van der Waals surface area contributed by atoms with Gasteiger partial charge >= 0.3 is 6.03 Å². The van der Waals surface area contributed by atoms with Crippen molar-refractivity contribution >= 4 is 6.03 Å². The molecular formula is C14H20N2O2. The van der Waals surface area contributed by atoms with Crippen molar-refractivity contribution in [3.05, 3.63) is 29.3 Å². The third-order valence-electron chi connectivity index (χ3n) is 2.97. The van der Waals surface area contributed by atoms with Gasteiger partial charge in [-0.25, -0.2) is 4.79 Å². The largest absolute Gasteiger partial charge is 0.508 e. The van der Waals surface area contributed by atoms with Crippen LogP contribution in [0.5, 0.6) is 5.75 Å². The van der Waals surface area contributed by atoms with Crippen LogP contribution >= 0.6 is 0 Å². The second-order valence-electron chi connectivity index (χ2n) is 5.80. The van der Waals surface area contributed by atoms with E-state index in [0.29, 0.717) is 6.54 Å². The molecule has 0 aromatic heterocycles. The van der Waals surface area contributed by atoms with Gasteiger partial charge in [0, 0.05) is 18.6 Å². The van der Waals surface area contributed by atoms with E-state index in [1.165, 1.54) is 5.56 Å². The van der Waals surface area contributed by atoms with E-state index in [-0.39, 0.29) is 17.3 Å². The molecule has 1 aliphatic rings. The average Bonchev–Trinajstić information content (AvgIpc) is 2.25. The van der Waals surface area contributed by atoms with E-state index >= 15 is 0 Å². The summed E-state index contributed by atoms with van der Waals surface area (Å²) in [4.78, 5) is 13.8. The highest BCUT2D eigenvalue weighted by molar-refractivity contribution is 5.75. The maximum atomic E-state index is 12.1. The van der Waals surface area contributed by atoms with Crippen LogP contribution in [0, 0.1) is 0 Å². The number of fused-ring (bicyclic) bond motifs is 1. The Balaban J connectivity index is 2.09. The Morgan fingerprint density at radius 3 is 2.72 bits per heavy atom. The predicted octanol–water partition coefficient (Wildman–Crippen LogP) is 2.26. The average molecular weight is 248 g/mol. The molecule has 0 atom stereocenters. The van der Waals surface area contributed by atoms with E-state index in [2.05, 4.69) is 5.32 Å². The number of carbonyl (C=O) groups excluding carboxylic acids is 1. The summed E-state index contributed by atoms with van der Waals surface area (Å²) in [6.45, 7) is 7.18. The molecule has 0 fully saturated rings. The molecule has 1 aromatic carbocycles. The minimum absolute atomic E-state index is 0.0449. The Labute approximate surface area is 108 Å². The fraction of sp³-hybridized carbons (Fsp3) is 0.500. The molecule has 0 radical (unpaired) electrons. The normalized spacial score (nSPS) is 15.2. The van der Waals surface area contributed by atoms with Gasteiger partial charge in [-0.05, 0) is 50.5 Å². The SMILES string of the molecule is CC(C)(C)NC(=O)N1CCc2ccc(O)cc2C1. The number of hydrogen-bond donors (Lipinski definition) is 2. The lowest BCUT2D eigenvalue weighted by atomic mass is 9.99. The van der Waals surface area contributed by atoms with Crippen LogP contribution in [-0.2, 0) is 13.0 Å². The number of hydrogen-bond acceptors (Lipinski definition) is 2. The molecule has 2 N–H and O–H groups in total. The van der Waals surface area contributed by atoms with E-state index in [4.69, 9.17) is 0 Å². The highest BCUT2D eigenvalue weighted by Crippen LogP contribution is 2.23. The molecule has 2 rings (SSSR count). The minimum atomic E-state index is -0.226. The molecule has 4 heteroatoms. The highest BCUT2D eigenvalue weighted by atomic mass is 16.3. The highest BCUT2D eigenvalue weighted by Gasteiger charge is 2.23. The molecule has 1 heterocycles. The number of nitrogens with one attached hydrogen (secondary N) is 1. The monoisotopic (exact) mass is 248 g/mol. The summed E-state index contributed by atoms with van der Waals surface area (Å²) in [5.74, 6) is 0.256. The number of phenolic OH excluding ortho intramolecular Hbond substituents is 1. The lowest BCUT2D eigenvalue weighted by molar-refractivity contribution is 0.183. The maximum Gasteiger partial charge on any atom is 0.318 e. The molecule has 0 saturated carbocycles. The second-order valence-corrected chi connectivity index (χ2v) is 5.80. The molecule has 98 valence electrons. The van der Waals surface area contributed by atoms with Gasteiger partial charge in [0.05, 0.1) is 0 Å². The molecule has 0 aliphatic carbocycles. The van der Waals surface area contributed by atoms with Gasteiger partial charge in [0.25, 0.3) is 0 Å². The third kappa shape index (κ3) is 2.94. The number of phenols is 1. The van der Waals surface area contributed by atoms with Crippen LogP contribution in [-0.4, -0.2) is 28.1 Å². The predicted molar refractivity (Wildman–Crippen MR) is 70.5 cm³/mol. The van der Waals surface area contributed by atoms with E-state index in [9.17, 15) is 9.90 Å². The first-order valence-electron chi connectivity index (χ1n) is 6.23. The lowest BCUT2D eigenvalue weighted by Gasteiger charge is -2.32. The Morgan fingerprint density at radius 1 is 1.33 bits per heavy atom. The summed E-state index contributed by atoms with van der Waals surface area (Å²) in [7, 11) is 0. The molecule has 2 amide bonds. The van der Waals surface area contributed by atoms with Gasteiger partial charge in [0.15, 0.2) is 0 Å². The summed E-state index contributed by atoms with van der Waals surface area (Å²) >= 11 is 0. The standard InChI is InChI=1S/C14H20N2O2/c1-14(2,3)15-13(18)16-7-6-10-4-5-12(17)8-11(10)9-16/h4-5,8,17H,6-7,9H2,1-3H3,(H,15,18). The first-order chi connectivity index (χ1) is 8.35. The Kier molecular flexibility index (Phi) is 3.20. The topological polar surface area (TPSA) is 52.6 Å². The molecule has 0 saturated heterocycles. The van der Waals surface area contributed by atoms with Gasteiger partial charge in [-0.1, -0.05) is 6.07 Å². The van der Waals surface area contributed by atoms with Crippen molar-refractivity contribution in [3.8, 4) is 5.75 Å². The lowest BCUT2D eigenvalue weighted by Crippen LogP contribution is -2.49. The number of rotatable bonds is 0. The summed E-state index contributed by atoms with van der Waals surface area (Å²) < 4.78 is 0. The van der Waals surface area contributed by atoms with Crippen molar-refractivity contribution in [2.75, 3.05) is 6.54 Å². The molecule has 1 aliphatic heterocycles. The molecule has 0 spiro atoms. The maximum absolute atomic E-state index is 12.1. The van der Waals surface area contributed by atoms with Crippen LogP contribution in [0.15, 0.2) is 18.2 Å². The minimum Gasteiger partial charge on any atom is -0.508 e. The summed E-state index contributed by atoms with van der Waals surface area (Å²) in [5.41, 5.74) is 2.02. The van der Waals surface area contributed by atoms with E-state index < -0.39 is 0 Å². The third-order valence-corrected chi connectivity index (χ3v) is 2.97. The number of benzene rings is 1. The van der Waals surface area contributed by atoms with Gasteiger partial charge in [-0.15, -0.1) is 0 Å². The van der Waals surface area contributed by atoms with Crippen molar-refractivity contribution < 1.29 is 9.90 Å². The van der Waals surface area contributed by atoms with Crippen LogP contribution in [0.3, 0.4) is 0 Å². The van der Waals surface area contributed by atoms with Gasteiger partial charge < -0.3 is 15.3 Å². The van der Waals surface area contributed by atoms with Crippen LogP contribution in [0.4, 0.5) is 4.79 Å². The Bertz CT molecular complexity index is 463. The van der Waals surface area contributed by atoms with Gasteiger partial charge in [-0.3, -0.25) is 0 Å². The quantitative estimate of drug-likeness (QED) is 0.740. The van der Waals surface area contributed by atoms with Crippen LogP contribution < -0.4 is 5.32 Å². The van der Waals surface area contributed by atoms with Crippen LogP contribution in [0.2, 0.25) is 0 Å². The number of aromatic hydroxyl groups is 1. The van der Waals surface area contributed by atoms with Crippen molar-refractivity contribution in [3.63, 3.8) is 0 Å². The number of amides is 2. The molecule has 0 bridgehead atoms. The Morgan fingerprint density at radius 2 is 2.06 bits per heavy atom. The van der Waals surface area contributed by atoms with E-state index in [1.54, 1.807) is 17.0 Å². The van der Waals surface area contributed by atoms with Gasteiger partial charge in [0.1, 0.15) is 5.75 Å². The zero-order valence-corrected chi connectivity index (χ0v) is 11.2. The van der Waals surface area contributed by atoms with Crippen LogP contribution in [0.1, 0.15) is 31.9 Å². The van der Waals surface area contributed by atoms with E-state index in [1.807, 2.05) is 26.8 Å². The van der Waals surface area contributed by atoms with Crippen molar-refractivity contribution in [1.82, 2.24) is 10.2 Å². The summed E-state index contributed by atoms with van der Waals surface area (Å²) in [5, 5.41) is 12.4. The summed E-state index contributed by atoms with van der Waals surface area (Å²) in [6.07, 6.45) is 0.840. The molecule has 4 nitrogen and oxygen atoms in total. The van der Waals surface area contributed by atoms with Crippen molar-refractivity contribution in [2.24, 2.45) is 0 Å². The zero-order valence-electron chi connectivity index (χ0n) is 11.2. The number of carbonyl (C=O) groups is 1. The second kappa shape index (κ2) is 4.52. The van der Waals surface area contributed by atoms with Gasteiger partial charge in [-0.2, -0.15) is 0 Å². The van der Waals surface area contributed by atoms with Crippen LogP contribution in [0.25, 0.3) is 0 Å². The molecular weight excluding hydrogens is 228 g/mol. The summed E-state index contributed by atoms with van der Waals surface area (Å²) in [6, 6.07) is 5.33. The zero-order chi connectivity index (χ0) is 13.3. The number of urea groups is 1. The fourth-order valence-corrected chi connectivity index (χ4v) is 2.12. The smallest absolute Gasteiger partial charge is 0.318 e. The van der Waals surface area contributed by atoms with Crippen molar-refractivity contribution in [2.45, 2.75) is 39.3 Å². The first-order valence-corrected chi connectivity index (χ1v) is 6.23.